The molecule has 1 aromatic heterocycles. The number of nitro benzene ring substituents is 1. The van der Waals surface area contributed by atoms with Crippen molar-refractivity contribution in [2.24, 2.45) is 0 Å². The van der Waals surface area contributed by atoms with Crippen LogP contribution in [0.2, 0.25) is 5.02 Å². The second-order valence-corrected chi connectivity index (χ2v) is 9.10. The van der Waals surface area contributed by atoms with Gasteiger partial charge in [0.1, 0.15) is 0 Å². The first-order valence-corrected chi connectivity index (χ1v) is 11.1. The molecule has 1 aliphatic heterocycles. The second-order valence-electron chi connectivity index (χ2n) is 7.02. The van der Waals surface area contributed by atoms with E-state index in [9.17, 15) is 19.7 Å². The highest BCUT2D eigenvalue weighted by Crippen LogP contribution is 2.32. The van der Waals surface area contributed by atoms with Crippen molar-refractivity contribution in [2.75, 3.05) is 0 Å². The van der Waals surface area contributed by atoms with Crippen LogP contribution in [0.15, 0.2) is 65.7 Å². The molecule has 33 heavy (non-hydrogen) atoms. The van der Waals surface area contributed by atoms with Crippen LogP contribution in [0.1, 0.15) is 21.6 Å². The van der Waals surface area contributed by atoms with Crippen molar-refractivity contribution >= 4 is 63.5 Å². The topological polar surface area (TPSA) is 97.5 Å². The summed E-state index contributed by atoms with van der Waals surface area (Å²) in [6.07, 6.45) is 3.34. The fourth-order valence-corrected chi connectivity index (χ4v) is 4.65. The Morgan fingerprint density at radius 1 is 1.21 bits per heavy atom. The number of carbonyl (C=O) groups excluding carboxylic acids is 2. The first-order valence-electron chi connectivity index (χ1n) is 9.52. The summed E-state index contributed by atoms with van der Waals surface area (Å²) in [6, 6.07) is 14.6. The van der Waals surface area contributed by atoms with Gasteiger partial charge in [-0.2, -0.15) is 5.01 Å². The minimum absolute atomic E-state index is 0.0454. The van der Waals surface area contributed by atoms with Crippen molar-refractivity contribution in [2.45, 2.75) is 6.92 Å². The van der Waals surface area contributed by atoms with E-state index >= 15 is 0 Å². The highest BCUT2D eigenvalue weighted by Gasteiger charge is 2.34. The van der Waals surface area contributed by atoms with E-state index in [1.807, 2.05) is 6.92 Å². The molecule has 1 N–H and O–H groups in total. The number of carbonyl (C=O) groups is 2. The molecule has 2 heterocycles. The molecule has 0 unspecified atom stereocenters. The Balaban J connectivity index is 1.58. The maximum Gasteiger partial charge on any atom is 0.285 e. The average Bonchev–Trinajstić information content (AvgIpc) is 3.34. The molecule has 0 saturated carbocycles. The number of non-ortho nitro benzene ring substituents is 1. The summed E-state index contributed by atoms with van der Waals surface area (Å²) in [4.78, 5) is 36.5. The molecule has 1 saturated heterocycles. The van der Waals surface area contributed by atoms with E-state index in [4.69, 9.17) is 23.8 Å². The fraction of sp³-hybridized carbons (Fsp3) is 0.0455. The number of aromatic nitrogens is 1. The van der Waals surface area contributed by atoms with Gasteiger partial charge < -0.3 is 4.57 Å². The number of nitrogens with one attached hydrogen (secondary N) is 1. The molecule has 1 aliphatic rings. The fourth-order valence-electron chi connectivity index (χ4n) is 3.17. The Morgan fingerprint density at radius 3 is 2.73 bits per heavy atom. The van der Waals surface area contributed by atoms with E-state index in [2.05, 4.69) is 5.43 Å². The highest BCUT2D eigenvalue weighted by atomic mass is 35.5. The van der Waals surface area contributed by atoms with Gasteiger partial charge >= 0.3 is 0 Å². The Morgan fingerprint density at radius 2 is 2.00 bits per heavy atom. The van der Waals surface area contributed by atoms with Gasteiger partial charge in [-0.1, -0.05) is 35.5 Å². The third-order valence-electron chi connectivity index (χ3n) is 4.75. The van der Waals surface area contributed by atoms with Crippen LogP contribution >= 0.6 is 35.6 Å². The van der Waals surface area contributed by atoms with Crippen LogP contribution in [-0.4, -0.2) is 30.6 Å². The number of hydrogen-bond donors (Lipinski definition) is 1. The number of nitro groups is 1. The number of rotatable bonds is 5. The normalized spacial score (nSPS) is 14.7. The van der Waals surface area contributed by atoms with E-state index < -0.39 is 16.7 Å². The van der Waals surface area contributed by atoms with Crippen LogP contribution in [0.25, 0.3) is 11.8 Å². The third kappa shape index (κ3) is 4.68. The van der Waals surface area contributed by atoms with Gasteiger partial charge in [-0.25, -0.2) is 0 Å². The predicted molar refractivity (Wildman–Crippen MR) is 131 cm³/mol. The van der Waals surface area contributed by atoms with E-state index in [0.29, 0.717) is 16.3 Å². The van der Waals surface area contributed by atoms with Crippen LogP contribution < -0.4 is 5.43 Å². The largest absolute Gasteiger partial charge is 0.317 e. The number of thiocarbonyl (C=S) groups is 1. The number of amides is 2. The molecule has 8 nitrogen and oxygen atoms in total. The number of benzene rings is 2. The maximum atomic E-state index is 12.9. The van der Waals surface area contributed by atoms with Gasteiger partial charge in [0.25, 0.3) is 17.5 Å². The predicted octanol–water partition coefficient (Wildman–Crippen LogP) is 4.89. The van der Waals surface area contributed by atoms with Crippen LogP contribution in [-0.2, 0) is 4.79 Å². The summed E-state index contributed by atoms with van der Waals surface area (Å²) in [5.74, 6) is -1.05. The van der Waals surface area contributed by atoms with Gasteiger partial charge in [0, 0.05) is 24.0 Å². The van der Waals surface area contributed by atoms with Crippen molar-refractivity contribution in [3.63, 3.8) is 0 Å². The molecule has 0 aliphatic carbocycles. The maximum absolute atomic E-state index is 12.9. The first kappa shape index (κ1) is 22.7. The first-order chi connectivity index (χ1) is 15.7. The number of hydrogen-bond acceptors (Lipinski definition) is 6. The Kier molecular flexibility index (Phi) is 6.32. The van der Waals surface area contributed by atoms with Crippen LogP contribution in [0.4, 0.5) is 5.69 Å². The summed E-state index contributed by atoms with van der Waals surface area (Å²) in [7, 11) is 0. The van der Waals surface area contributed by atoms with E-state index in [0.717, 1.165) is 22.3 Å². The SMILES string of the molecule is Cc1ccc(C(=O)NN2C(=O)/C(=C/c3cccn3-c3cccc([N+](=O)[O-])c3)SC2=S)c(Cl)c1. The molecule has 166 valence electrons. The minimum Gasteiger partial charge on any atom is -0.317 e. The monoisotopic (exact) mass is 498 g/mol. The van der Waals surface area contributed by atoms with Gasteiger partial charge in [-0.05, 0) is 61.1 Å². The number of halogens is 1. The summed E-state index contributed by atoms with van der Waals surface area (Å²) in [6.45, 7) is 1.85. The Bertz CT molecular complexity index is 1350. The van der Waals surface area contributed by atoms with Crippen molar-refractivity contribution in [3.05, 3.63) is 97.7 Å². The van der Waals surface area contributed by atoms with Crippen LogP contribution in [0.3, 0.4) is 0 Å². The number of nitrogens with zero attached hydrogens (tertiary/aromatic N) is 3. The number of hydrazine groups is 1. The standard InChI is InChI=1S/C22H15ClN4O4S2/c1-13-7-8-17(18(23)10-13)20(28)24-26-21(29)19(33-22(26)32)12-15-6-3-9-25(15)14-4-2-5-16(11-14)27(30)31/h2-12H,1H3,(H,24,28)/b19-12-. The molecule has 0 bridgehead atoms. The summed E-state index contributed by atoms with van der Waals surface area (Å²) < 4.78 is 1.88. The van der Waals surface area contributed by atoms with E-state index in [-0.39, 0.29) is 20.6 Å². The zero-order valence-electron chi connectivity index (χ0n) is 17.0. The van der Waals surface area contributed by atoms with Gasteiger partial charge in [0.05, 0.1) is 26.1 Å². The minimum atomic E-state index is -0.558. The molecule has 2 amide bonds. The molecule has 0 atom stereocenters. The molecule has 2 aromatic carbocycles. The van der Waals surface area contributed by atoms with E-state index in [1.165, 1.54) is 12.1 Å². The van der Waals surface area contributed by atoms with Crippen LogP contribution in [0, 0.1) is 17.0 Å². The number of aryl methyl sites for hydroxylation is 1. The smallest absolute Gasteiger partial charge is 0.285 e. The van der Waals surface area contributed by atoms with E-state index in [1.54, 1.807) is 59.3 Å². The lowest BCUT2D eigenvalue weighted by Gasteiger charge is -2.16. The lowest BCUT2D eigenvalue weighted by atomic mass is 10.1. The quantitative estimate of drug-likeness (QED) is 0.233. The zero-order chi connectivity index (χ0) is 23.7. The lowest BCUT2D eigenvalue weighted by molar-refractivity contribution is -0.384. The summed E-state index contributed by atoms with van der Waals surface area (Å²) >= 11 is 12.5. The molecule has 0 radical (unpaired) electrons. The van der Waals surface area contributed by atoms with Gasteiger partial charge in [0.2, 0.25) is 0 Å². The van der Waals surface area contributed by atoms with Crippen molar-refractivity contribution in [3.8, 4) is 5.69 Å². The number of thioether (sulfide) groups is 1. The van der Waals surface area contributed by atoms with Crippen molar-refractivity contribution < 1.29 is 14.5 Å². The van der Waals surface area contributed by atoms with Gasteiger partial charge in [0.15, 0.2) is 4.32 Å². The van der Waals surface area contributed by atoms with Crippen LogP contribution in [0.5, 0.6) is 0 Å². The molecule has 0 spiro atoms. The molecular formula is C22H15ClN4O4S2. The molecule has 4 rings (SSSR count). The molecule has 1 fully saturated rings. The Labute approximate surface area is 202 Å². The third-order valence-corrected chi connectivity index (χ3v) is 6.37. The second kappa shape index (κ2) is 9.18. The highest BCUT2D eigenvalue weighted by molar-refractivity contribution is 8.26. The summed E-state index contributed by atoms with van der Waals surface area (Å²) in [5, 5.41) is 12.4. The Hall–Kier alpha value is -3.47. The lowest BCUT2D eigenvalue weighted by Crippen LogP contribution is -2.44. The van der Waals surface area contributed by atoms with Gasteiger partial charge in [-0.15, -0.1) is 0 Å². The molecule has 11 heteroatoms. The average molecular weight is 499 g/mol. The van der Waals surface area contributed by atoms with Crippen molar-refractivity contribution in [1.82, 2.24) is 15.0 Å². The van der Waals surface area contributed by atoms with Gasteiger partial charge in [-0.3, -0.25) is 25.1 Å². The summed E-state index contributed by atoms with van der Waals surface area (Å²) in [5.41, 5.74) is 4.77. The zero-order valence-corrected chi connectivity index (χ0v) is 19.4. The molecular weight excluding hydrogens is 484 g/mol. The molecule has 3 aromatic rings. The van der Waals surface area contributed by atoms with Crippen molar-refractivity contribution in [1.29, 1.82) is 0 Å².